The summed E-state index contributed by atoms with van der Waals surface area (Å²) in [5, 5.41) is 1.66. The van der Waals surface area contributed by atoms with Gasteiger partial charge in [0, 0.05) is 0 Å². The maximum atomic E-state index is 13.8. The van der Waals surface area contributed by atoms with E-state index in [9.17, 15) is 14.0 Å². The van der Waals surface area contributed by atoms with Crippen molar-refractivity contribution in [1.82, 2.24) is 0 Å². The van der Waals surface area contributed by atoms with Gasteiger partial charge in [0.25, 0.3) is 5.91 Å². The van der Waals surface area contributed by atoms with Crippen LogP contribution in [0.5, 0.6) is 0 Å². The number of anilines is 2. The third-order valence-corrected chi connectivity index (χ3v) is 5.70. The zero-order valence-corrected chi connectivity index (χ0v) is 16.2. The predicted molar refractivity (Wildman–Crippen MR) is 110 cm³/mol. The predicted octanol–water partition coefficient (Wildman–Crippen LogP) is 4.19. The Morgan fingerprint density at radius 2 is 1.53 bits per heavy atom. The van der Waals surface area contributed by atoms with Gasteiger partial charge in [0.1, 0.15) is 11.7 Å². The lowest BCUT2D eigenvalue weighted by Gasteiger charge is -2.29. The van der Waals surface area contributed by atoms with E-state index < -0.39 is 29.8 Å². The van der Waals surface area contributed by atoms with Crippen LogP contribution in [0.2, 0.25) is 0 Å². The van der Waals surface area contributed by atoms with Crippen LogP contribution in [0.3, 0.4) is 0 Å². The molecule has 0 saturated carbocycles. The fraction of sp³-hybridized carbons (Fsp3) is 0.167. The third-order valence-electron chi connectivity index (χ3n) is 5.70. The van der Waals surface area contributed by atoms with E-state index in [0.717, 1.165) is 21.7 Å². The number of para-hydroxylation sites is 1. The number of halogens is 1. The number of hydrogen-bond donors (Lipinski definition) is 0. The Kier molecular flexibility index (Phi) is 4.37. The van der Waals surface area contributed by atoms with E-state index in [-0.39, 0.29) is 11.6 Å². The van der Waals surface area contributed by atoms with Crippen molar-refractivity contribution in [2.75, 3.05) is 9.96 Å². The van der Waals surface area contributed by atoms with E-state index in [1.54, 1.807) is 11.1 Å². The number of hydroxylamine groups is 1. The minimum Gasteiger partial charge on any atom is -0.273 e. The van der Waals surface area contributed by atoms with E-state index >= 15 is 0 Å². The average Bonchev–Trinajstić information content (AvgIpc) is 3.25. The van der Waals surface area contributed by atoms with Crippen LogP contribution in [0.25, 0.3) is 0 Å². The maximum absolute atomic E-state index is 13.8. The van der Waals surface area contributed by atoms with Gasteiger partial charge in [0.15, 0.2) is 6.10 Å². The topological polar surface area (TPSA) is 49.9 Å². The maximum Gasteiger partial charge on any atom is 0.266 e. The van der Waals surface area contributed by atoms with Crippen LogP contribution < -0.4 is 9.96 Å². The summed E-state index contributed by atoms with van der Waals surface area (Å²) in [6.45, 7) is 1.97. The molecule has 3 aromatic carbocycles. The molecule has 2 amide bonds. The lowest BCUT2D eigenvalue weighted by atomic mass is 9.88. The monoisotopic (exact) mass is 402 g/mol. The normalized spacial score (nSPS) is 23.2. The molecule has 0 aromatic heterocycles. The van der Waals surface area contributed by atoms with Gasteiger partial charge in [0.05, 0.1) is 17.4 Å². The first-order valence-electron chi connectivity index (χ1n) is 9.76. The molecule has 5 rings (SSSR count). The molecule has 2 saturated heterocycles. The van der Waals surface area contributed by atoms with Crippen molar-refractivity contribution in [1.29, 1.82) is 0 Å². The molecule has 2 heterocycles. The van der Waals surface area contributed by atoms with Gasteiger partial charge in [-0.25, -0.2) is 14.4 Å². The lowest BCUT2D eigenvalue weighted by Crippen LogP contribution is -2.37. The summed E-state index contributed by atoms with van der Waals surface area (Å²) in [6, 6.07) is 22.2. The highest BCUT2D eigenvalue weighted by atomic mass is 19.1. The number of benzene rings is 3. The largest absolute Gasteiger partial charge is 0.273 e. The molecule has 0 bridgehead atoms. The van der Waals surface area contributed by atoms with Gasteiger partial charge in [0.2, 0.25) is 5.91 Å². The Labute approximate surface area is 173 Å². The zero-order chi connectivity index (χ0) is 20.8. The molecule has 0 aliphatic carbocycles. The smallest absolute Gasteiger partial charge is 0.266 e. The molecule has 5 nitrogen and oxygen atoms in total. The number of carbonyl (C=O) groups excluding carboxylic acids is 2. The number of nitrogens with zero attached hydrogens (tertiary/aromatic N) is 2. The molecule has 6 heteroatoms. The van der Waals surface area contributed by atoms with Gasteiger partial charge in [-0.1, -0.05) is 48.5 Å². The number of rotatable bonds is 3. The van der Waals surface area contributed by atoms with Gasteiger partial charge < -0.3 is 0 Å². The first-order chi connectivity index (χ1) is 14.6. The minimum absolute atomic E-state index is 0.220. The molecule has 30 heavy (non-hydrogen) atoms. The Bertz CT molecular complexity index is 1130. The summed E-state index contributed by atoms with van der Waals surface area (Å²) < 4.78 is 13.8. The van der Waals surface area contributed by atoms with Crippen LogP contribution in [0.4, 0.5) is 15.8 Å². The molecule has 2 fully saturated rings. The highest BCUT2D eigenvalue weighted by Crippen LogP contribution is 2.48. The number of fused-ring (bicyclic) bond motifs is 1. The van der Waals surface area contributed by atoms with E-state index in [2.05, 4.69) is 0 Å². The number of aryl methyl sites for hydroxylation is 1. The summed E-state index contributed by atoms with van der Waals surface area (Å²) in [5.74, 6) is -2.11. The molecule has 0 N–H and O–H groups in total. The second-order valence-corrected chi connectivity index (χ2v) is 7.51. The molecular formula is C24H19FN2O3. The molecule has 3 aromatic rings. The molecule has 0 unspecified atom stereocenters. The molecule has 2 aliphatic heterocycles. The molecule has 0 spiro atoms. The third kappa shape index (κ3) is 2.80. The van der Waals surface area contributed by atoms with E-state index in [1.807, 2.05) is 61.5 Å². The van der Waals surface area contributed by atoms with Crippen LogP contribution in [0, 0.1) is 18.7 Å². The number of carbonyl (C=O) groups is 2. The highest BCUT2D eigenvalue weighted by Gasteiger charge is 2.60. The lowest BCUT2D eigenvalue weighted by molar-refractivity contribution is -0.126. The van der Waals surface area contributed by atoms with Crippen molar-refractivity contribution in [3.8, 4) is 0 Å². The molecule has 2 aliphatic rings. The molecule has 0 radical (unpaired) electrons. The first kappa shape index (κ1) is 18.5. The van der Waals surface area contributed by atoms with Gasteiger partial charge in [-0.3, -0.25) is 14.4 Å². The van der Waals surface area contributed by atoms with Gasteiger partial charge in [-0.05, 0) is 48.4 Å². The standard InChI is InChI=1S/C24H19FN2O3/c1-15-8-5-6-13-19(15)21-20-22(30-27(21)17-10-3-2-4-11-17)24(29)26(23(20)28)18-12-7-9-16(25)14-18/h2-14,20-22H,1H3/t20-,21-,22-/m0/s1. The van der Waals surface area contributed by atoms with Crippen LogP contribution >= 0.6 is 0 Å². The van der Waals surface area contributed by atoms with Crippen LogP contribution in [-0.4, -0.2) is 17.9 Å². The first-order valence-corrected chi connectivity index (χ1v) is 9.76. The summed E-state index contributed by atoms with van der Waals surface area (Å²) in [4.78, 5) is 33.8. The van der Waals surface area contributed by atoms with E-state index in [1.165, 1.54) is 18.2 Å². The number of amides is 2. The second-order valence-electron chi connectivity index (χ2n) is 7.51. The molecular weight excluding hydrogens is 383 g/mol. The van der Waals surface area contributed by atoms with Gasteiger partial charge in [-0.2, -0.15) is 0 Å². The SMILES string of the molecule is Cc1ccccc1[C@H]1[C@@H]2C(=O)N(c3cccc(F)c3)C(=O)[C@H]2ON1c1ccccc1. The van der Waals surface area contributed by atoms with Crippen LogP contribution in [0.1, 0.15) is 17.2 Å². The van der Waals surface area contributed by atoms with Crippen molar-refractivity contribution in [2.24, 2.45) is 5.92 Å². The second kappa shape index (κ2) is 7.07. The van der Waals surface area contributed by atoms with Crippen molar-refractivity contribution < 1.29 is 18.8 Å². The Morgan fingerprint density at radius 1 is 0.833 bits per heavy atom. The Morgan fingerprint density at radius 3 is 2.27 bits per heavy atom. The summed E-state index contributed by atoms with van der Waals surface area (Å²) in [5.41, 5.74) is 2.89. The summed E-state index contributed by atoms with van der Waals surface area (Å²) in [6.07, 6.45) is -0.967. The number of hydrogen-bond acceptors (Lipinski definition) is 4. The summed E-state index contributed by atoms with van der Waals surface area (Å²) >= 11 is 0. The minimum atomic E-state index is -0.967. The quantitative estimate of drug-likeness (QED) is 0.617. The van der Waals surface area contributed by atoms with Gasteiger partial charge in [-0.15, -0.1) is 0 Å². The van der Waals surface area contributed by atoms with Crippen LogP contribution in [-0.2, 0) is 14.4 Å². The average molecular weight is 402 g/mol. The van der Waals surface area contributed by atoms with Gasteiger partial charge >= 0.3 is 0 Å². The fourth-order valence-corrected chi connectivity index (χ4v) is 4.32. The highest BCUT2D eigenvalue weighted by molar-refractivity contribution is 6.23. The van der Waals surface area contributed by atoms with Crippen molar-refractivity contribution in [3.05, 3.63) is 95.8 Å². The van der Waals surface area contributed by atoms with E-state index in [4.69, 9.17) is 4.84 Å². The Hall–Kier alpha value is -3.51. The van der Waals surface area contributed by atoms with Crippen LogP contribution in [0.15, 0.2) is 78.9 Å². The molecule has 3 atom stereocenters. The summed E-state index contributed by atoms with van der Waals surface area (Å²) in [7, 11) is 0. The van der Waals surface area contributed by atoms with E-state index in [0.29, 0.717) is 0 Å². The zero-order valence-electron chi connectivity index (χ0n) is 16.2. The number of imide groups is 1. The van der Waals surface area contributed by atoms with Crippen molar-refractivity contribution >= 4 is 23.2 Å². The van der Waals surface area contributed by atoms with Crippen molar-refractivity contribution in [3.63, 3.8) is 0 Å². The Balaban J connectivity index is 1.61. The fourth-order valence-electron chi connectivity index (χ4n) is 4.32. The van der Waals surface area contributed by atoms with Crippen molar-refractivity contribution in [2.45, 2.75) is 19.1 Å². The molecule has 150 valence electrons.